The molecule has 14 heavy (non-hydrogen) atoms. The molecule has 0 spiro atoms. The van der Waals surface area contributed by atoms with Crippen LogP contribution in [0.4, 0.5) is 5.69 Å². The van der Waals surface area contributed by atoms with Gasteiger partial charge >= 0.3 is 0 Å². The zero-order chi connectivity index (χ0) is 8.72. The van der Waals surface area contributed by atoms with E-state index in [9.17, 15) is 0 Å². The first kappa shape index (κ1) is 13.6. The maximum atomic E-state index is 8.83. The smallest absolute Gasteiger partial charge is 0.208 e. The van der Waals surface area contributed by atoms with Crippen molar-refractivity contribution in [3.63, 3.8) is 0 Å². The molecule has 1 aromatic carbocycles. The maximum absolute atomic E-state index is 8.83. The van der Waals surface area contributed by atoms with E-state index in [2.05, 4.69) is 5.10 Å². The molecule has 5 heteroatoms. The van der Waals surface area contributed by atoms with Gasteiger partial charge < -0.3 is 13.2 Å². The van der Waals surface area contributed by atoms with Crippen molar-refractivity contribution < 1.29 is 37.9 Å². The van der Waals surface area contributed by atoms with Gasteiger partial charge in [0.2, 0.25) is 5.84 Å². The number of benzene rings is 1. The number of anilines is 1. The van der Waals surface area contributed by atoms with E-state index in [1.54, 1.807) is 6.07 Å². The maximum Gasteiger partial charge on any atom is 0.208 e. The van der Waals surface area contributed by atoms with Gasteiger partial charge in [-0.2, -0.15) is 0 Å². The van der Waals surface area contributed by atoms with Crippen molar-refractivity contribution in [2.75, 3.05) is 5.73 Å². The van der Waals surface area contributed by atoms with E-state index in [1.807, 2.05) is 19.1 Å². The zero-order valence-electron chi connectivity index (χ0n) is 8.23. The second-order valence-corrected chi connectivity index (χ2v) is 2.78. The van der Waals surface area contributed by atoms with Crippen LogP contribution in [0.2, 0.25) is 0 Å². The van der Waals surface area contributed by atoms with Crippen molar-refractivity contribution in [1.29, 1.82) is 0 Å². The van der Waals surface area contributed by atoms with Gasteiger partial charge in [0.1, 0.15) is 0 Å². The molecule has 0 aliphatic carbocycles. The molecule has 0 bridgehead atoms. The number of nitrogen functional groups attached to an aromatic ring is 1. The van der Waals surface area contributed by atoms with Crippen LogP contribution < -0.4 is 5.73 Å². The number of hydroxylamine groups is 1. The minimum Gasteiger partial charge on any atom is -0.398 e. The van der Waals surface area contributed by atoms with Gasteiger partial charge in [0, 0.05) is 44.0 Å². The van der Waals surface area contributed by atoms with Crippen LogP contribution in [0.5, 0.6) is 0 Å². The van der Waals surface area contributed by atoms with Gasteiger partial charge in [-0.1, -0.05) is 12.1 Å². The quantitative estimate of drug-likeness (QED) is 0.597. The molecule has 0 aromatic heterocycles. The molecule has 0 saturated heterocycles. The van der Waals surface area contributed by atoms with Crippen LogP contribution in [-0.4, -0.2) is 16.2 Å². The summed E-state index contributed by atoms with van der Waals surface area (Å²) in [6, 6.07) is 5.57. The van der Waals surface area contributed by atoms with Gasteiger partial charge in [0.05, 0.1) is 0 Å². The van der Waals surface area contributed by atoms with Crippen LogP contribution in [0.15, 0.2) is 23.3 Å². The number of aryl methyl sites for hydroxylation is 1. The summed E-state index contributed by atoms with van der Waals surface area (Å²) in [7, 11) is 0. The van der Waals surface area contributed by atoms with Crippen LogP contribution in [0.25, 0.3) is 0 Å². The number of nitrogens with zero attached hydrogens (tertiary/aromatic N) is 2. The van der Waals surface area contributed by atoms with E-state index >= 15 is 0 Å². The van der Waals surface area contributed by atoms with Crippen LogP contribution >= 0.6 is 0 Å². The third-order valence-corrected chi connectivity index (χ3v) is 1.88. The summed E-state index contributed by atoms with van der Waals surface area (Å²) in [6.07, 6.45) is 0. The molecular weight excluding hydrogens is 255 g/mol. The summed E-state index contributed by atoms with van der Waals surface area (Å²) in [5, 5.41) is 13.3. The Morgan fingerprint density at radius 3 is 2.43 bits per heavy atom. The van der Waals surface area contributed by atoms with E-state index in [4.69, 9.17) is 10.9 Å². The molecule has 3 N–H and O–H groups in total. The van der Waals surface area contributed by atoms with E-state index in [1.165, 1.54) is 0 Å². The molecular formula is C9H12N3OY-. The van der Waals surface area contributed by atoms with Crippen molar-refractivity contribution in [2.45, 2.75) is 6.92 Å². The summed E-state index contributed by atoms with van der Waals surface area (Å²) in [6.45, 7) is 1.94. The van der Waals surface area contributed by atoms with Gasteiger partial charge in [0.25, 0.3) is 0 Å². The second kappa shape index (κ2) is 4.87. The number of hydrogen-bond donors (Lipinski definition) is 2. The Balaban J connectivity index is 0.000000845. The average molecular weight is 267 g/mol. The molecule has 4 nitrogen and oxygen atoms in total. The Morgan fingerprint density at radius 1 is 1.43 bits per heavy atom. The van der Waals surface area contributed by atoms with E-state index < -0.39 is 0 Å². The summed E-state index contributed by atoms with van der Waals surface area (Å²) in [5.41, 5.74) is 8.27. The van der Waals surface area contributed by atoms with Crippen molar-refractivity contribution in [2.24, 2.45) is 5.10 Å². The van der Waals surface area contributed by atoms with Crippen molar-refractivity contribution in [3.8, 4) is 0 Å². The van der Waals surface area contributed by atoms with Gasteiger partial charge in [-0.3, -0.25) is 5.21 Å². The molecule has 0 fully saturated rings. The third-order valence-electron chi connectivity index (χ3n) is 1.88. The number of nitrogens with two attached hydrogens (primary N) is 1. The number of hydrazone groups is 1. The molecule has 73 valence electrons. The monoisotopic (exact) mass is 267 g/mol. The van der Waals surface area contributed by atoms with Gasteiger partial charge in [-0.25, -0.2) is 0 Å². The summed E-state index contributed by atoms with van der Waals surface area (Å²) < 4.78 is 0. The molecule has 1 heterocycles. The normalized spacial score (nSPS) is 12.4. The Kier molecular flexibility index (Phi) is 4.71. The van der Waals surface area contributed by atoms with E-state index in [0.29, 0.717) is 5.84 Å². The Bertz CT molecular complexity index is 365. The predicted molar refractivity (Wildman–Crippen MR) is 52.2 cm³/mol. The molecule has 0 atom stereocenters. The SMILES string of the molecule is Cc1ccc(C2=NN2O)cc1N.[CH3-].[Y]. The molecule has 1 aliphatic heterocycles. The number of rotatable bonds is 1. The standard InChI is InChI=1S/C8H9N3O.CH3.Y/c1-5-2-3-6(4-7(5)9)8-10-11(8)12;;/h2-4,12H,9H2,1H3;1H3;/q;-1;. The first-order chi connectivity index (χ1) is 5.68. The van der Waals surface area contributed by atoms with Gasteiger partial charge in [-0.05, 0) is 18.6 Å². The fourth-order valence-corrected chi connectivity index (χ4v) is 1.02. The van der Waals surface area contributed by atoms with E-state index in [0.717, 1.165) is 22.0 Å². The Labute approximate surface area is 109 Å². The third kappa shape index (κ3) is 2.53. The predicted octanol–water partition coefficient (Wildman–Crippen LogP) is 1.39. The summed E-state index contributed by atoms with van der Waals surface area (Å²) in [4.78, 5) is 0. The van der Waals surface area contributed by atoms with Crippen LogP contribution in [-0.2, 0) is 32.7 Å². The van der Waals surface area contributed by atoms with Gasteiger partial charge in [-0.15, -0.1) is 10.3 Å². The zero-order valence-corrected chi connectivity index (χ0v) is 11.1. The first-order valence-electron chi connectivity index (χ1n) is 3.62. The first-order valence-corrected chi connectivity index (χ1v) is 3.62. The molecule has 1 aromatic rings. The molecule has 1 radical (unpaired) electrons. The largest absolute Gasteiger partial charge is 0.398 e. The fourth-order valence-electron chi connectivity index (χ4n) is 1.02. The second-order valence-electron chi connectivity index (χ2n) is 2.78. The number of amidine groups is 1. The molecule has 0 unspecified atom stereocenters. The number of hydrogen-bond acceptors (Lipinski definition) is 4. The van der Waals surface area contributed by atoms with Crippen molar-refractivity contribution in [1.82, 2.24) is 5.17 Å². The summed E-state index contributed by atoms with van der Waals surface area (Å²) >= 11 is 0. The molecule has 2 rings (SSSR count). The summed E-state index contributed by atoms with van der Waals surface area (Å²) in [5.74, 6) is 0.571. The van der Waals surface area contributed by atoms with Crippen molar-refractivity contribution in [3.05, 3.63) is 36.8 Å². The topological polar surface area (TPSA) is 61.6 Å². The minimum atomic E-state index is 0. The molecule has 1 aliphatic rings. The Morgan fingerprint density at radius 2 is 2.00 bits per heavy atom. The molecule has 0 saturated carbocycles. The molecule has 0 amide bonds. The van der Waals surface area contributed by atoms with E-state index in [-0.39, 0.29) is 40.1 Å². The fraction of sp³-hybridized carbons (Fsp3) is 0.111. The van der Waals surface area contributed by atoms with Crippen molar-refractivity contribution >= 4 is 11.5 Å². The Hall–Kier alpha value is -0.446. The van der Waals surface area contributed by atoms with Crippen LogP contribution in [0, 0.1) is 14.4 Å². The minimum absolute atomic E-state index is 0. The van der Waals surface area contributed by atoms with Gasteiger partial charge in [0.15, 0.2) is 0 Å². The average Bonchev–Trinajstić information content (AvgIpc) is 2.73. The van der Waals surface area contributed by atoms with Crippen LogP contribution in [0.3, 0.4) is 0 Å². The van der Waals surface area contributed by atoms with Crippen LogP contribution in [0.1, 0.15) is 11.1 Å².